The minimum absolute atomic E-state index is 0.0195. The number of para-hydroxylation sites is 1. The number of benzene rings is 1. The molecule has 1 aromatic rings. The smallest absolute Gasteiger partial charge is 0.343 e. The summed E-state index contributed by atoms with van der Waals surface area (Å²) in [4.78, 5) is 10.5. The van der Waals surface area contributed by atoms with Crippen molar-refractivity contribution in [1.82, 2.24) is 0 Å². The molecule has 0 bridgehead atoms. The Hall–Kier alpha value is -1.62. The second-order valence-corrected chi connectivity index (χ2v) is 3.08. The minimum Gasteiger partial charge on any atom is -0.491 e. The number of ether oxygens (including phenoxy) is 2. The van der Waals surface area contributed by atoms with Crippen molar-refractivity contribution in [1.29, 1.82) is 0 Å². The molecular formula is C11H13FO4. The maximum Gasteiger partial charge on any atom is 0.343 e. The molecule has 1 N–H and O–H groups in total. The molecule has 0 aliphatic rings. The van der Waals surface area contributed by atoms with Gasteiger partial charge in [-0.15, -0.1) is 0 Å². The molecule has 0 saturated heterocycles. The lowest BCUT2D eigenvalue weighted by Gasteiger charge is -2.11. The number of aliphatic carboxylic acids is 1. The summed E-state index contributed by atoms with van der Waals surface area (Å²) in [7, 11) is 1.52. The number of carboxylic acids is 1. The van der Waals surface area contributed by atoms with Gasteiger partial charge in [-0.3, -0.25) is 0 Å². The number of carbonyl (C=O) groups is 1. The highest BCUT2D eigenvalue weighted by molar-refractivity contribution is 5.75. The number of hydrogen-bond acceptors (Lipinski definition) is 3. The Morgan fingerprint density at radius 1 is 1.44 bits per heavy atom. The molecule has 5 heteroatoms. The van der Waals surface area contributed by atoms with Gasteiger partial charge in [0.05, 0.1) is 6.61 Å². The molecule has 0 spiro atoms. The molecule has 16 heavy (non-hydrogen) atoms. The van der Waals surface area contributed by atoms with Crippen LogP contribution in [0.2, 0.25) is 0 Å². The van der Waals surface area contributed by atoms with Crippen molar-refractivity contribution < 1.29 is 23.8 Å². The van der Waals surface area contributed by atoms with Crippen molar-refractivity contribution in [2.24, 2.45) is 0 Å². The summed E-state index contributed by atoms with van der Waals surface area (Å²) in [5, 5.41) is 8.58. The van der Waals surface area contributed by atoms with Crippen LogP contribution in [-0.4, -0.2) is 31.4 Å². The molecule has 0 saturated carbocycles. The van der Waals surface area contributed by atoms with Gasteiger partial charge in [-0.05, 0) is 6.07 Å². The SMILES string of the molecule is COCCOc1ccccc1C(F)C(=O)O. The molecule has 1 atom stereocenters. The van der Waals surface area contributed by atoms with Gasteiger partial charge in [0, 0.05) is 12.7 Å². The van der Waals surface area contributed by atoms with Gasteiger partial charge in [0.2, 0.25) is 6.17 Å². The standard InChI is InChI=1S/C11H13FO4/c1-15-6-7-16-9-5-3-2-4-8(9)10(12)11(13)14/h2-5,10H,6-7H2,1H3,(H,13,14). The molecule has 0 fully saturated rings. The Balaban J connectivity index is 2.79. The third-order valence-electron chi connectivity index (χ3n) is 1.95. The van der Waals surface area contributed by atoms with Crippen LogP contribution in [0.3, 0.4) is 0 Å². The van der Waals surface area contributed by atoms with E-state index in [9.17, 15) is 9.18 Å². The summed E-state index contributed by atoms with van der Waals surface area (Å²) in [5.41, 5.74) is 0.0195. The fourth-order valence-electron chi connectivity index (χ4n) is 1.19. The van der Waals surface area contributed by atoms with Gasteiger partial charge in [0.25, 0.3) is 0 Å². The maximum atomic E-state index is 13.3. The molecule has 88 valence electrons. The van der Waals surface area contributed by atoms with Crippen LogP contribution in [0.4, 0.5) is 4.39 Å². The molecule has 0 heterocycles. The van der Waals surface area contributed by atoms with Gasteiger partial charge in [-0.1, -0.05) is 18.2 Å². The topological polar surface area (TPSA) is 55.8 Å². The Morgan fingerprint density at radius 2 is 2.12 bits per heavy atom. The van der Waals surface area contributed by atoms with Crippen LogP contribution in [0.25, 0.3) is 0 Å². The molecule has 0 aromatic heterocycles. The van der Waals surface area contributed by atoms with E-state index in [1.165, 1.54) is 19.2 Å². The lowest BCUT2D eigenvalue weighted by Crippen LogP contribution is -2.10. The van der Waals surface area contributed by atoms with Crippen LogP contribution in [0, 0.1) is 0 Å². The summed E-state index contributed by atoms with van der Waals surface area (Å²) in [6, 6.07) is 6.13. The van der Waals surface area contributed by atoms with Crippen LogP contribution in [0.15, 0.2) is 24.3 Å². The predicted molar refractivity (Wildman–Crippen MR) is 55.3 cm³/mol. The van der Waals surface area contributed by atoms with Crippen molar-refractivity contribution in [2.75, 3.05) is 20.3 Å². The maximum absolute atomic E-state index is 13.3. The number of hydrogen-bond donors (Lipinski definition) is 1. The van der Waals surface area contributed by atoms with Gasteiger partial charge in [0.15, 0.2) is 0 Å². The predicted octanol–water partition coefficient (Wildman–Crippen LogP) is 1.81. The van der Waals surface area contributed by atoms with Crippen molar-refractivity contribution in [3.05, 3.63) is 29.8 Å². The van der Waals surface area contributed by atoms with Gasteiger partial charge in [0.1, 0.15) is 12.4 Å². The zero-order valence-electron chi connectivity index (χ0n) is 8.85. The fraction of sp³-hybridized carbons (Fsp3) is 0.364. The quantitative estimate of drug-likeness (QED) is 0.754. The van der Waals surface area contributed by atoms with Crippen LogP contribution < -0.4 is 4.74 Å². The second-order valence-electron chi connectivity index (χ2n) is 3.08. The number of carboxylic acid groups (broad SMARTS) is 1. The third kappa shape index (κ3) is 3.20. The number of halogens is 1. The first-order chi connectivity index (χ1) is 7.66. The zero-order valence-corrected chi connectivity index (χ0v) is 8.85. The Labute approximate surface area is 92.6 Å². The Morgan fingerprint density at radius 3 is 2.75 bits per heavy atom. The number of alkyl halides is 1. The van der Waals surface area contributed by atoms with Crippen LogP contribution in [0.1, 0.15) is 11.7 Å². The van der Waals surface area contributed by atoms with E-state index in [2.05, 4.69) is 0 Å². The molecular weight excluding hydrogens is 215 g/mol. The monoisotopic (exact) mass is 228 g/mol. The molecule has 0 aliphatic heterocycles. The second kappa shape index (κ2) is 6.07. The summed E-state index contributed by atoms with van der Waals surface area (Å²) < 4.78 is 23.3. The van der Waals surface area contributed by atoms with E-state index in [0.29, 0.717) is 6.61 Å². The molecule has 1 rings (SSSR count). The van der Waals surface area contributed by atoms with Crippen molar-refractivity contribution in [3.8, 4) is 5.75 Å². The average molecular weight is 228 g/mol. The molecule has 0 amide bonds. The lowest BCUT2D eigenvalue weighted by atomic mass is 10.1. The molecule has 4 nitrogen and oxygen atoms in total. The minimum atomic E-state index is -2.07. The van der Waals surface area contributed by atoms with E-state index in [4.69, 9.17) is 14.6 Å². The van der Waals surface area contributed by atoms with Gasteiger partial charge >= 0.3 is 5.97 Å². The Kier molecular flexibility index (Phi) is 4.72. The Bertz CT molecular complexity index is 354. The van der Waals surface area contributed by atoms with Gasteiger partial charge in [-0.2, -0.15) is 0 Å². The van der Waals surface area contributed by atoms with E-state index in [0.717, 1.165) is 0 Å². The highest BCUT2D eigenvalue weighted by atomic mass is 19.1. The van der Waals surface area contributed by atoms with E-state index in [-0.39, 0.29) is 17.9 Å². The first kappa shape index (κ1) is 12.4. The largest absolute Gasteiger partial charge is 0.491 e. The average Bonchev–Trinajstić information content (AvgIpc) is 2.29. The number of rotatable bonds is 6. The summed E-state index contributed by atoms with van der Waals surface area (Å²) >= 11 is 0. The van der Waals surface area contributed by atoms with E-state index in [1.54, 1.807) is 12.1 Å². The number of methoxy groups -OCH3 is 1. The normalized spacial score (nSPS) is 12.1. The summed E-state index contributed by atoms with van der Waals surface area (Å²) in [5.74, 6) is -1.29. The third-order valence-corrected chi connectivity index (χ3v) is 1.95. The highest BCUT2D eigenvalue weighted by Crippen LogP contribution is 2.27. The van der Waals surface area contributed by atoms with Gasteiger partial charge < -0.3 is 14.6 Å². The van der Waals surface area contributed by atoms with E-state index in [1.807, 2.05) is 0 Å². The van der Waals surface area contributed by atoms with E-state index >= 15 is 0 Å². The van der Waals surface area contributed by atoms with Gasteiger partial charge in [-0.25, -0.2) is 9.18 Å². The molecule has 0 aliphatic carbocycles. The summed E-state index contributed by atoms with van der Waals surface area (Å²) in [6.45, 7) is 0.609. The fourth-order valence-corrected chi connectivity index (χ4v) is 1.19. The molecule has 0 radical (unpaired) electrons. The molecule has 1 unspecified atom stereocenters. The van der Waals surface area contributed by atoms with Crippen LogP contribution >= 0.6 is 0 Å². The zero-order chi connectivity index (χ0) is 12.0. The van der Waals surface area contributed by atoms with E-state index < -0.39 is 12.1 Å². The van der Waals surface area contributed by atoms with Crippen molar-refractivity contribution in [3.63, 3.8) is 0 Å². The summed E-state index contributed by atoms with van der Waals surface area (Å²) in [6.07, 6.45) is -2.07. The van der Waals surface area contributed by atoms with Crippen molar-refractivity contribution >= 4 is 5.97 Å². The first-order valence-electron chi connectivity index (χ1n) is 4.74. The van der Waals surface area contributed by atoms with Crippen LogP contribution in [0.5, 0.6) is 5.75 Å². The first-order valence-corrected chi connectivity index (χ1v) is 4.74. The lowest BCUT2D eigenvalue weighted by molar-refractivity contribution is -0.143. The van der Waals surface area contributed by atoms with Crippen LogP contribution in [-0.2, 0) is 9.53 Å². The van der Waals surface area contributed by atoms with Crippen molar-refractivity contribution in [2.45, 2.75) is 6.17 Å². The molecule has 1 aromatic carbocycles. The highest BCUT2D eigenvalue weighted by Gasteiger charge is 2.22.